The highest BCUT2D eigenvalue weighted by molar-refractivity contribution is 7.92. The zero-order valence-electron chi connectivity index (χ0n) is 18.8. The molecule has 0 aliphatic carbocycles. The van der Waals surface area contributed by atoms with Crippen LogP contribution in [0.4, 0.5) is 4.39 Å². The van der Waals surface area contributed by atoms with Crippen LogP contribution in [0.25, 0.3) is 22.7 Å². The summed E-state index contributed by atoms with van der Waals surface area (Å²) in [7, 11) is -1.32. The number of nitrogens with two attached hydrogens (primary N) is 1. The molecule has 0 fully saturated rings. The summed E-state index contributed by atoms with van der Waals surface area (Å²) in [4.78, 5) is 13.0. The number of halogens is 1. The molecule has 2 aliphatic heterocycles. The number of ether oxygens (including phenoxy) is 1. The van der Waals surface area contributed by atoms with Gasteiger partial charge in [-0.05, 0) is 38.0 Å². The third kappa shape index (κ3) is 3.87. The molecule has 178 valence electrons. The molecule has 0 amide bonds. The van der Waals surface area contributed by atoms with Crippen molar-refractivity contribution in [3.63, 3.8) is 0 Å². The van der Waals surface area contributed by atoms with Crippen LogP contribution in [0.2, 0.25) is 0 Å². The molecule has 1 unspecified atom stereocenters. The maximum Gasteiger partial charge on any atom is 0.232 e. The van der Waals surface area contributed by atoms with Crippen LogP contribution in [0.5, 0.6) is 5.88 Å². The number of hydrogen-bond acceptors (Lipinski definition) is 9. The number of nitrogens with zero attached hydrogens (tertiary/aromatic N) is 6. The number of methoxy groups -OCH3 is 1. The van der Waals surface area contributed by atoms with E-state index in [-0.39, 0.29) is 17.3 Å². The molecular weight excluding hydrogens is 461 g/mol. The van der Waals surface area contributed by atoms with Crippen LogP contribution in [-0.4, -0.2) is 55.6 Å². The van der Waals surface area contributed by atoms with Crippen LogP contribution in [-0.2, 0) is 15.5 Å². The number of benzene rings is 1. The van der Waals surface area contributed by atoms with Gasteiger partial charge in [-0.25, -0.2) is 27.9 Å². The summed E-state index contributed by atoms with van der Waals surface area (Å²) >= 11 is 0. The average molecular weight is 486 g/mol. The minimum absolute atomic E-state index is 0.0458. The van der Waals surface area contributed by atoms with E-state index in [0.717, 1.165) is 12.8 Å². The minimum Gasteiger partial charge on any atom is -0.480 e. The highest BCUT2D eigenvalue weighted by atomic mass is 32.2. The first-order valence-electron chi connectivity index (χ1n) is 10.8. The molecule has 0 radical (unpaired) electrons. The van der Waals surface area contributed by atoms with E-state index in [0.29, 0.717) is 41.7 Å². The van der Waals surface area contributed by atoms with Gasteiger partial charge in [-0.2, -0.15) is 0 Å². The van der Waals surface area contributed by atoms with Gasteiger partial charge in [-0.15, -0.1) is 0 Å². The van der Waals surface area contributed by atoms with Crippen molar-refractivity contribution < 1.29 is 17.9 Å². The highest BCUT2D eigenvalue weighted by Gasteiger charge is 2.42. The summed E-state index contributed by atoms with van der Waals surface area (Å²) in [6.07, 6.45) is 4.65. The van der Waals surface area contributed by atoms with Gasteiger partial charge in [0.05, 0.1) is 31.8 Å². The second-order valence-corrected chi connectivity index (χ2v) is 10.6. The molecule has 2 aromatic heterocycles. The molecule has 0 saturated heterocycles. The average Bonchev–Trinajstić information content (AvgIpc) is 3.22. The van der Waals surface area contributed by atoms with E-state index >= 15 is 4.39 Å². The molecule has 2 N–H and O–H groups in total. The monoisotopic (exact) mass is 485 g/mol. The van der Waals surface area contributed by atoms with Crippen molar-refractivity contribution in [2.45, 2.75) is 25.3 Å². The molecule has 5 rings (SSSR count). The Morgan fingerprint density at radius 3 is 2.82 bits per heavy atom. The Labute approximate surface area is 196 Å². The van der Waals surface area contributed by atoms with Crippen LogP contribution >= 0.6 is 0 Å². The van der Waals surface area contributed by atoms with Crippen LogP contribution in [0.15, 0.2) is 50.5 Å². The van der Waals surface area contributed by atoms with Crippen molar-refractivity contribution in [3.8, 4) is 28.6 Å². The van der Waals surface area contributed by atoms with Crippen LogP contribution in [0.3, 0.4) is 0 Å². The molecule has 0 saturated carbocycles. The lowest BCUT2D eigenvalue weighted by Gasteiger charge is -2.38. The molecule has 12 heteroatoms. The highest BCUT2D eigenvalue weighted by Crippen LogP contribution is 2.37. The van der Waals surface area contributed by atoms with Crippen LogP contribution in [0.1, 0.15) is 25.3 Å². The SMILES string of the molecule is COc1cnc(-c2cc(-c3ccc(F)c([C@]4(C)CS5(=O)=NCCCCN5C(N)=N4)c3)on2)cn1. The molecule has 2 atom stereocenters. The fourth-order valence-corrected chi connectivity index (χ4v) is 6.69. The van der Waals surface area contributed by atoms with Gasteiger partial charge >= 0.3 is 0 Å². The van der Waals surface area contributed by atoms with Crippen molar-refractivity contribution in [1.29, 1.82) is 0 Å². The summed E-state index contributed by atoms with van der Waals surface area (Å²) in [5.74, 6) is 0.482. The van der Waals surface area contributed by atoms with Crippen molar-refractivity contribution in [3.05, 3.63) is 48.0 Å². The second-order valence-electron chi connectivity index (χ2n) is 8.37. The lowest BCUT2D eigenvalue weighted by atomic mass is 9.92. The van der Waals surface area contributed by atoms with E-state index in [4.69, 9.17) is 15.0 Å². The minimum atomic E-state index is -2.83. The van der Waals surface area contributed by atoms with Crippen molar-refractivity contribution in [2.75, 3.05) is 26.0 Å². The number of aromatic nitrogens is 3. The smallest absolute Gasteiger partial charge is 0.232 e. The van der Waals surface area contributed by atoms with Crippen LogP contribution < -0.4 is 10.5 Å². The molecule has 0 bridgehead atoms. The van der Waals surface area contributed by atoms with Gasteiger partial charge < -0.3 is 15.0 Å². The fourth-order valence-electron chi connectivity index (χ4n) is 4.19. The molecule has 2 aliphatic rings. The molecule has 34 heavy (non-hydrogen) atoms. The molecule has 10 nitrogen and oxygen atoms in total. The Hall–Kier alpha value is -3.54. The zero-order valence-corrected chi connectivity index (χ0v) is 19.6. The first-order chi connectivity index (χ1) is 16.3. The van der Waals surface area contributed by atoms with E-state index in [1.54, 1.807) is 29.4 Å². The lowest BCUT2D eigenvalue weighted by Crippen LogP contribution is -2.52. The van der Waals surface area contributed by atoms with Crippen molar-refractivity contribution in [1.82, 2.24) is 19.4 Å². The zero-order chi connectivity index (χ0) is 23.9. The molecule has 3 aromatic rings. The van der Waals surface area contributed by atoms with E-state index in [9.17, 15) is 4.21 Å². The third-order valence-corrected chi connectivity index (χ3v) is 8.52. The van der Waals surface area contributed by atoms with Gasteiger partial charge in [0.2, 0.25) is 11.8 Å². The summed E-state index contributed by atoms with van der Waals surface area (Å²) in [6.45, 7) is 2.73. The number of guanidine groups is 1. The fraction of sp³-hybridized carbons (Fsp3) is 0.364. The first-order valence-corrected chi connectivity index (χ1v) is 12.4. The Kier molecular flexibility index (Phi) is 5.47. The Bertz CT molecular complexity index is 1380. The standard InChI is InChI=1S/C22H24FN7O3S/c1-22(13-34(31)27-7-3-4-8-30(34)21(24)28-22)15-9-14(5-6-16(15)23)19-10-17(29-33-19)18-11-26-20(32-2)12-25-18/h5-6,9-12H,3-4,7-8,13H2,1-2H3,(H2,24,28)/t22-,34?/m0/s1. The topological polar surface area (TPSA) is 132 Å². The molecule has 4 heterocycles. The number of fused-ring (bicyclic) bond motifs is 1. The van der Waals surface area contributed by atoms with Gasteiger partial charge in [0.25, 0.3) is 0 Å². The summed E-state index contributed by atoms with van der Waals surface area (Å²) in [5, 5.41) is 4.06. The van der Waals surface area contributed by atoms with Crippen molar-refractivity contribution in [2.24, 2.45) is 15.1 Å². The largest absolute Gasteiger partial charge is 0.480 e. The number of aliphatic imine (C=N–C) groups is 1. The summed E-state index contributed by atoms with van der Waals surface area (Å²) < 4.78 is 45.3. The van der Waals surface area contributed by atoms with E-state index in [2.05, 4.69) is 24.5 Å². The Balaban J connectivity index is 1.52. The summed E-state index contributed by atoms with van der Waals surface area (Å²) in [5.41, 5.74) is 6.87. The quantitative estimate of drug-likeness (QED) is 0.601. The Morgan fingerprint density at radius 2 is 2.06 bits per heavy atom. The van der Waals surface area contributed by atoms with Gasteiger partial charge in [0, 0.05) is 23.7 Å². The molecule has 0 spiro atoms. The van der Waals surface area contributed by atoms with Gasteiger partial charge in [0.15, 0.2) is 5.76 Å². The van der Waals surface area contributed by atoms with Crippen molar-refractivity contribution >= 4 is 15.9 Å². The first kappa shape index (κ1) is 22.3. The molecular formula is C22H24FN7O3S. The van der Waals surface area contributed by atoms with Crippen LogP contribution in [0, 0.1) is 5.82 Å². The normalized spacial score (nSPS) is 24.6. The van der Waals surface area contributed by atoms with Gasteiger partial charge in [-0.1, -0.05) is 5.16 Å². The molecule has 1 aromatic carbocycles. The maximum atomic E-state index is 15.1. The predicted molar refractivity (Wildman–Crippen MR) is 125 cm³/mol. The Morgan fingerprint density at radius 1 is 1.21 bits per heavy atom. The lowest BCUT2D eigenvalue weighted by molar-refractivity contribution is 0.395. The van der Waals surface area contributed by atoms with Gasteiger partial charge in [0.1, 0.15) is 32.7 Å². The van der Waals surface area contributed by atoms with E-state index in [1.165, 1.54) is 25.6 Å². The predicted octanol–water partition coefficient (Wildman–Crippen LogP) is 2.97. The van der Waals surface area contributed by atoms with E-state index < -0.39 is 21.3 Å². The summed E-state index contributed by atoms with van der Waals surface area (Å²) in [6, 6.07) is 6.24. The maximum absolute atomic E-state index is 15.1. The van der Waals surface area contributed by atoms with Gasteiger partial charge in [-0.3, -0.25) is 4.31 Å². The van der Waals surface area contributed by atoms with E-state index in [1.807, 2.05) is 0 Å². The number of hydrogen-bond donors (Lipinski definition) is 1. The third-order valence-electron chi connectivity index (χ3n) is 5.93. The second kappa shape index (κ2) is 8.35. The number of rotatable bonds is 4.